The summed E-state index contributed by atoms with van der Waals surface area (Å²) in [6.07, 6.45) is 10.1. The van der Waals surface area contributed by atoms with E-state index in [9.17, 15) is 4.79 Å². The first-order chi connectivity index (χ1) is 13.2. The molecular formula is C22H30INO4. The predicted molar refractivity (Wildman–Crippen MR) is 104 cm³/mol. The number of nitrogens with zero attached hydrogens (tertiary/aromatic N) is 1. The smallest absolute Gasteiger partial charge is 0.344 e. The van der Waals surface area contributed by atoms with Crippen LogP contribution in [0.15, 0.2) is 48.8 Å². The fourth-order valence-corrected chi connectivity index (χ4v) is 2.79. The first-order valence-electron chi connectivity index (χ1n) is 9.59. The van der Waals surface area contributed by atoms with Gasteiger partial charge in [0.2, 0.25) is 0 Å². The summed E-state index contributed by atoms with van der Waals surface area (Å²) in [5.74, 6) is 1.32. The summed E-state index contributed by atoms with van der Waals surface area (Å²) in [5, 5.41) is 0. The number of unbranched alkanes of at least 4 members (excludes halogenated alkanes) is 5. The highest BCUT2D eigenvalue weighted by atomic mass is 127. The third-order valence-corrected chi connectivity index (χ3v) is 4.27. The lowest BCUT2D eigenvalue weighted by Crippen LogP contribution is -3.00. The van der Waals surface area contributed by atoms with Gasteiger partial charge >= 0.3 is 5.97 Å². The molecule has 0 aliphatic rings. The van der Waals surface area contributed by atoms with Crippen LogP contribution in [-0.2, 0) is 11.8 Å². The average Bonchev–Trinajstić information content (AvgIpc) is 2.69. The number of pyridine rings is 1. The molecule has 2 aromatic rings. The van der Waals surface area contributed by atoms with Crippen LogP contribution in [0.4, 0.5) is 0 Å². The molecule has 0 aliphatic carbocycles. The SMILES string of the molecule is COc1ccccc1OCCCCCCCCOC(=O)c1ccc[n+](C)c1.[I-]. The predicted octanol–water partition coefficient (Wildman–Crippen LogP) is 1.10. The normalized spacial score (nSPS) is 10.1. The maximum absolute atomic E-state index is 11.9. The molecule has 0 bridgehead atoms. The molecule has 1 aromatic carbocycles. The molecule has 2 rings (SSSR count). The fourth-order valence-electron chi connectivity index (χ4n) is 2.79. The molecule has 1 aromatic heterocycles. The molecule has 0 radical (unpaired) electrons. The lowest BCUT2D eigenvalue weighted by Gasteiger charge is -2.10. The Morgan fingerprint density at radius 1 is 0.893 bits per heavy atom. The molecule has 0 fully saturated rings. The van der Waals surface area contributed by atoms with Crippen molar-refractivity contribution in [2.75, 3.05) is 20.3 Å². The van der Waals surface area contributed by atoms with Crippen LogP contribution in [0.2, 0.25) is 0 Å². The van der Waals surface area contributed by atoms with Gasteiger partial charge in [0.25, 0.3) is 0 Å². The number of esters is 1. The van der Waals surface area contributed by atoms with Gasteiger partial charge in [0.1, 0.15) is 12.6 Å². The van der Waals surface area contributed by atoms with Crippen molar-refractivity contribution in [1.29, 1.82) is 0 Å². The Hall–Kier alpha value is -1.83. The highest BCUT2D eigenvalue weighted by Crippen LogP contribution is 2.25. The maximum atomic E-state index is 11.9. The van der Waals surface area contributed by atoms with E-state index in [4.69, 9.17) is 14.2 Å². The maximum Gasteiger partial charge on any atom is 0.344 e. The van der Waals surface area contributed by atoms with Gasteiger partial charge in [-0.25, -0.2) is 9.36 Å². The van der Waals surface area contributed by atoms with Crippen molar-refractivity contribution in [3.05, 3.63) is 54.4 Å². The van der Waals surface area contributed by atoms with Crippen LogP contribution in [0.5, 0.6) is 11.5 Å². The average molecular weight is 499 g/mol. The first-order valence-corrected chi connectivity index (χ1v) is 9.59. The largest absolute Gasteiger partial charge is 1.00 e. The molecule has 0 unspecified atom stereocenters. The number of methoxy groups -OCH3 is 1. The summed E-state index contributed by atoms with van der Waals surface area (Å²) in [6, 6.07) is 11.3. The number of para-hydroxylation sites is 2. The van der Waals surface area contributed by atoms with E-state index in [1.807, 2.05) is 48.1 Å². The molecule has 0 saturated carbocycles. The topological polar surface area (TPSA) is 48.6 Å². The number of carbonyl (C=O) groups excluding carboxylic acids is 1. The van der Waals surface area contributed by atoms with Gasteiger partial charge < -0.3 is 38.2 Å². The van der Waals surface area contributed by atoms with Crippen molar-refractivity contribution in [3.8, 4) is 11.5 Å². The standard InChI is InChI=1S/C22H30NO4.HI/c1-23-15-11-12-19(18-23)22(24)27-17-10-6-4-3-5-9-16-26-21-14-8-7-13-20(21)25-2;/h7-8,11-15,18H,3-6,9-10,16-17H2,1-2H3;1H/q+1;/p-1. The zero-order valence-corrected chi connectivity index (χ0v) is 18.9. The minimum absolute atomic E-state index is 0. The lowest BCUT2D eigenvalue weighted by atomic mass is 10.1. The van der Waals surface area contributed by atoms with Gasteiger partial charge in [-0.3, -0.25) is 0 Å². The summed E-state index contributed by atoms with van der Waals surface area (Å²) >= 11 is 0. The number of aryl methyl sites for hydroxylation is 1. The molecule has 6 heteroatoms. The summed E-state index contributed by atoms with van der Waals surface area (Å²) in [4.78, 5) is 11.9. The van der Waals surface area contributed by atoms with Crippen LogP contribution in [0, 0.1) is 0 Å². The Morgan fingerprint density at radius 3 is 2.21 bits per heavy atom. The third-order valence-electron chi connectivity index (χ3n) is 4.27. The number of ether oxygens (including phenoxy) is 3. The fraction of sp³-hybridized carbons (Fsp3) is 0.455. The number of benzene rings is 1. The van der Waals surface area contributed by atoms with Crippen LogP contribution in [0.25, 0.3) is 0 Å². The monoisotopic (exact) mass is 499 g/mol. The highest BCUT2D eigenvalue weighted by molar-refractivity contribution is 5.88. The third kappa shape index (κ3) is 8.91. The van der Waals surface area contributed by atoms with E-state index < -0.39 is 0 Å². The minimum atomic E-state index is -0.250. The Bertz CT molecular complexity index is 708. The number of carbonyl (C=O) groups is 1. The molecule has 5 nitrogen and oxygen atoms in total. The molecule has 1 heterocycles. The summed E-state index contributed by atoms with van der Waals surface area (Å²) in [5.41, 5.74) is 0.593. The second kappa shape index (κ2) is 14.2. The molecule has 28 heavy (non-hydrogen) atoms. The van der Waals surface area contributed by atoms with Crippen molar-refractivity contribution in [2.24, 2.45) is 7.05 Å². The number of aromatic nitrogens is 1. The van der Waals surface area contributed by atoms with Crippen molar-refractivity contribution < 1.29 is 47.5 Å². The van der Waals surface area contributed by atoms with Gasteiger partial charge in [-0.1, -0.05) is 37.8 Å². The molecule has 0 saturated heterocycles. The Morgan fingerprint density at radius 2 is 1.54 bits per heavy atom. The summed E-state index contributed by atoms with van der Waals surface area (Å²) in [6.45, 7) is 1.18. The van der Waals surface area contributed by atoms with Gasteiger partial charge in [-0.2, -0.15) is 0 Å². The number of halogens is 1. The van der Waals surface area contributed by atoms with Crippen LogP contribution < -0.4 is 38.0 Å². The highest BCUT2D eigenvalue weighted by Gasteiger charge is 2.09. The van der Waals surface area contributed by atoms with Crippen LogP contribution in [0.1, 0.15) is 48.9 Å². The van der Waals surface area contributed by atoms with Gasteiger partial charge in [0.15, 0.2) is 23.9 Å². The number of hydrogen-bond donors (Lipinski definition) is 0. The van der Waals surface area contributed by atoms with Crippen LogP contribution >= 0.6 is 0 Å². The van der Waals surface area contributed by atoms with Crippen molar-refractivity contribution in [1.82, 2.24) is 0 Å². The van der Waals surface area contributed by atoms with E-state index in [-0.39, 0.29) is 29.9 Å². The van der Waals surface area contributed by atoms with Crippen molar-refractivity contribution in [2.45, 2.75) is 38.5 Å². The number of rotatable bonds is 12. The van der Waals surface area contributed by atoms with Gasteiger partial charge in [-0.15, -0.1) is 0 Å². The van der Waals surface area contributed by atoms with E-state index in [1.54, 1.807) is 19.4 Å². The Labute approximate surface area is 185 Å². The molecule has 0 aliphatic heterocycles. The van der Waals surface area contributed by atoms with Crippen molar-refractivity contribution >= 4 is 5.97 Å². The Kier molecular flexibility index (Phi) is 12.3. The van der Waals surface area contributed by atoms with Gasteiger partial charge in [0, 0.05) is 6.07 Å². The molecule has 0 spiro atoms. The van der Waals surface area contributed by atoms with E-state index in [0.29, 0.717) is 18.8 Å². The second-order valence-corrected chi connectivity index (χ2v) is 6.51. The summed E-state index contributed by atoms with van der Waals surface area (Å²) < 4.78 is 18.2. The first kappa shape index (κ1) is 24.2. The minimum Gasteiger partial charge on any atom is -1.00 e. The zero-order chi connectivity index (χ0) is 19.3. The van der Waals surface area contributed by atoms with E-state index in [1.165, 1.54) is 0 Å². The van der Waals surface area contributed by atoms with Gasteiger partial charge in [0.05, 0.1) is 20.3 Å². The molecule has 0 amide bonds. The lowest BCUT2D eigenvalue weighted by molar-refractivity contribution is -0.671. The quantitative estimate of drug-likeness (QED) is 0.190. The zero-order valence-electron chi connectivity index (χ0n) is 16.7. The van der Waals surface area contributed by atoms with Crippen molar-refractivity contribution in [3.63, 3.8) is 0 Å². The van der Waals surface area contributed by atoms with E-state index in [0.717, 1.165) is 50.0 Å². The number of hydrogen-bond acceptors (Lipinski definition) is 4. The van der Waals surface area contributed by atoms with Crippen LogP contribution in [-0.4, -0.2) is 26.3 Å². The molecule has 154 valence electrons. The molecule has 0 atom stereocenters. The van der Waals surface area contributed by atoms with Gasteiger partial charge in [-0.05, 0) is 31.0 Å². The Balaban J connectivity index is 0.00000392. The van der Waals surface area contributed by atoms with Crippen LogP contribution in [0.3, 0.4) is 0 Å². The van der Waals surface area contributed by atoms with E-state index >= 15 is 0 Å². The second-order valence-electron chi connectivity index (χ2n) is 6.51. The molecular weight excluding hydrogens is 469 g/mol. The summed E-state index contributed by atoms with van der Waals surface area (Å²) in [7, 11) is 3.54. The van der Waals surface area contributed by atoms with E-state index in [2.05, 4.69) is 0 Å². The molecule has 0 N–H and O–H groups in total.